The van der Waals surface area contributed by atoms with E-state index in [0.29, 0.717) is 23.9 Å². The van der Waals surface area contributed by atoms with Gasteiger partial charge in [-0.1, -0.05) is 68.4 Å². The van der Waals surface area contributed by atoms with Crippen LogP contribution in [0.5, 0.6) is 0 Å². The van der Waals surface area contributed by atoms with Crippen LogP contribution in [0.15, 0.2) is 72.1 Å². The lowest BCUT2D eigenvalue weighted by molar-refractivity contribution is -0.136. The van der Waals surface area contributed by atoms with Gasteiger partial charge in [0, 0.05) is 30.1 Å². The van der Waals surface area contributed by atoms with Crippen molar-refractivity contribution in [3.8, 4) is 0 Å². The number of thiophene rings is 1. The zero-order valence-corrected chi connectivity index (χ0v) is 21.4. The number of carbonyl (C=O) groups excluding carboxylic acids is 2. The summed E-state index contributed by atoms with van der Waals surface area (Å²) in [5.41, 5.74) is 2.93. The molecule has 0 N–H and O–H groups in total. The van der Waals surface area contributed by atoms with Crippen LogP contribution in [0.25, 0.3) is 0 Å². The smallest absolute Gasteiger partial charge is 0.254 e. The Morgan fingerprint density at radius 3 is 2.37 bits per heavy atom. The van der Waals surface area contributed by atoms with Crippen LogP contribution in [0.3, 0.4) is 0 Å². The zero-order valence-electron chi connectivity index (χ0n) is 20.6. The van der Waals surface area contributed by atoms with E-state index in [2.05, 4.69) is 55.1 Å². The molecule has 0 spiro atoms. The van der Waals surface area contributed by atoms with E-state index < -0.39 is 0 Å². The maximum atomic E-state index is 14.2. The highest BCUT2D eigenvalue weighted by molar-refractivity contribution is 7.10. The lowest BCUT2D eigenvalue weighted by atomic mass is 9.80. The van der Waals surface area contributed by atoms with Crippen LogP contribution in [-0.4, -0.2) is 41.2 Å². The Labute approximate surface area is 212 Å². The van der Waals surface area contributed by atoms with E-state index in [1.807, 2.05) is 40.6 Å². The minimum atomic E-state index is -0.369. The van der Waals surface area contributed by atoms with E-state index in [1.54, 1.807) is 11.3 Å². The molecule has 3 heterocycles. The largest absolute Gasteiger partial charge is 0.342 e. The van der Waals surface area contributed by atoms with E-state index in [4.69, 9.17) is 0 Å². The molecule has 2 unspecified atom stereocenters. The van der Waals surface area contributed by atoms with Gasteiger partial charge in [-0.25, -0.2) is 0 Å². The second-order valence-electron chi connectivity index (χ2n) is 10.3. The molecule has 5 rings (SSSR count). The molecular formula is C30H34N2O2S. The summed E-state index contributed by atoms with van der Waals surface area (Å²) >= 11 is 1.64. The van der Waals surface area contributed by atoms with E-state index >= 15 is 0 Å². The molecule has 3 aromatic rings. The van der Waals surface area contributed by atoms with Gasteiger partial charge in [0.25, 0.3) is 5.91 Å². The molecule has 182 valence electrons. The molecule has 0 radical (unpaired) electrons. The highest BCUT2D eigenvalue weighted by Gasteiger charge is 2.46. The van der Waals surface area contributed by atoms with Gasteiger partial charge in [0.1, 0.15) is 0 Å². The number of rotatable bonds is 6. The Bertz CT molecular complexity index is 1150. The number of fused-ring (bicyclic) bond motifs is 1. The van der Waals surface area contributed by atoms with Gasteiger partial charge >= 0.3 is 0 Å². The fraction of sp³-hybridized carbons (Fsp3) is 0.400. The molecule has 5 heteroatoms. The third kappa shape index (κ3) is 4.92. The van der Waals surface area contributed by atoms with Crippen molar-refractivity contribution in [2.75, 3.05) is 19.6 Å². The van der Waals surface area contributed by atoms with E-state index in [-0.39, 0.29) is 23.8 Å². The SMILES string of the molecule is CC(C)CN1C(=O)c2ccccc2C(C(=O)N2CCC(Cc3ccccc3)CC2)C1c1cccs1. The van der Waals surface area contributed by atoms with Crippen molar-refractivity contribution in [1.29, 1.82) is 0 Å². The van der Waals surface area contributed by atoms with Gasteiger partial charge in [0.05, 0.1) is 12.0 Å². The Balaban J connectivity index is 1.42. The first-order valence-corrected chi connectivity index (χ1v) is 13.7. The van der Waals surface area contributed by atoms with Crippen LogP contribution < -0.4 is 0 Å². The topological polar surface area (TPSA) is 40.6 Å². The average Bonchev–Trinajstić information content (AvgIpc) is 3.41. The predicted octanol–water partition coefficient (Wildman–Crippen LogP) is 6.17. The first-order chi connectivity index (χ1) is 17.0. The molecule has 1 aromatic heterocycles. The zero-order chi connectivity index (χ0) is 24.4. The number of piperidine rings is 1. The van der Waals surface area contributed by atoms with Gasteiger partial charge in [-0.2, -0.15) is 0 Å². The van der Waals surface area contributed by atoms with Crippen molar-refractivity contribution in [2.45, 2.75) is 45.1 Å². The summed E-state index contributed by atoms with van der Waals surface area (Å²) in [6.07, 6.45) is 3.12. The number of likely N-dealkylation sites (tertiary alicyclic amines) is 1. The molecule has 4 nitrogen and oxygen atoms in total. The quantitative estimate of drug-likeness (QED) is 0.418. The number of nitrogens with zero attached hydrogens (tertiary/aromatic N) is 2. The molecule has 2 amide bonds. The Morgan fingerprint density at radius 2 is 1.69 bits per heavy atom. The van der Waals surface area contributed by atoms with Crippen molar-refractivity contribution in [3.63, 3.8) is 0 Å². The van der Waals surface area contributed by atoms with E-state index in [0.717, 1.165) is 42.8 Å². The maximum absolute atomic E-state index is 14.2. The number of hydrogen-bond donors (Lipinski definition) is 0. The molecule has 2 aromatic carbocycles. The van der Waals surface area contributed by atoms with Gasteiger partial charge in [-0.05, 0) is 59.7 Å². The van der Waals surface area contributed by atoms with Crippen molar-refractivity contribution in [3.05, 3.63) is 93.7 Å². The Kier molecular flexibility index (Phi) is 7.05. The molecule has 0 aliphatic carbocycles. The fourth-order valence-electron chi connectivity index (χ4n) is 5.73. The van der Waals surface area contributed by atoms with Crippen molar-refractivity contribution < 1.29 is 9.59 Å². The standard InChI is InChI=1S/C30H34N2O2S/c1-21(2)20-32-28(26-13-8-18-35-26)27(24-11-6-7-12-25(24)29(32)33)30(34)31-16-14-23(15-17-31)19-22-9-4-3-5-10-22/h3-13,18,21,23,27-28H,14-17,19-20H2,1-2H3. The van der Waals surface area contributed by atoms with Gasteiger partial charge in [0.2, 0.25) is 5.91 Å². The third-order valence-electron chi connectivity index (χ3n) is 7.39. The van der Waals surface area contributed by atoms with Crippen LogP contribution in [-0.2, 0) is 11.2 Å². The minimum Gasteiger partial charge on any atom is -0.342 e. The molecule has 0 bridgehead atoms. The number of benzene rings is 2. The molecule has 2 aliphatic heterocycles. The second kappa shape index (κ2) is 10.4. The van der Waals surface area contributed by atoms with Crippen LogP contribution >= 0.6 is 11.3 Å². The monoisotopic (exact) mass is 486 g/mol. The van der Waals surface area contributed by atoms with Crippen molar-refractivity contribution in [2.24, 2.45) is 11.8 Å². The lowest BCUT2D eigenvalue weighted by Gasteiger charge is -2.44. The Morgan fingerprint density at radius 1 is 0.971 bits per heavy atom. The van der Waals surface area contributed by atoms with E-state index in [9.17, 15) is 9.59 Å². The van der Waals surface area contributed by atoms with Gasteiger partial charge < -0.3 is 9.80 Å². The summed E-state index contributed by atoms with van der Waals surface area (Å²) in [7, 11) is 0. The molecule has 2 atom stereocenters. The van der Waals surface area contributed by atoms with Crippen LogP contribution in [0.1, 0.15) is 65.0 Å². The Hall–Kier alpha value is -2.92. The molecule has 1 saturated heterocycles. The van der Waals surface area contributed by atoms with Gasteiger partial charge in [-0.3, -0.25) is 9.59 Å². The van der Waals surface area contributed by atoms with E-state index in [1.165, 1.54) is 5.56 Å². The first kappa shape index (κ1) is 23.8. The number of hydrogen-bond acceptors (Lipinski definition) is 3. The second-order valence-corrected chi connectivity index (χ2v) is 11.3. The van der Waals surface area contributed by atoms with Gasteiger partial charge in [-0.15, -0.1) is 11.3 Å². The average molecular weight is 487 g/mol. The normalized spacial score (nSPS) is 20.8. The predicted molar refractivity (Wildman–Crippen MR) is 142 cm³/mol. The van der Waals surface area contributed by atoms with Gasteiger partial charge in [0.15, 0.2) is 0 Å². The molecule has 1 fully saturated rings. The highest BCUT2D eigenvalue weighted by Crippen LogP contribution is 2.45. The molecule has 2 aliphatic rings. The lowest BCUT2D eigenvalue weighted by Crippen LogP contribution is -2.50. The third-order valence-corrected chi connectivity index (χ3v) is 8.34. The van der Waals surface area contributed by atoms with Crippen molar-refractivity contribution in [1.82, 2.24) is 9.80 Å². The summed E-state index contributed by atoms with van der Waals surface area (Å²) in [5.74, 6) is 0.754. The van der Waals surface area contributed by atoms with Crippen LogP contribution in [0.4, 0.5) is 0 Å². The maximum Gasteiger partial charge on any atom is 0.254 e. The van der Waals surface area contributed by atoms with Crippen LogP contribution in [0, 0.1) is 11.8 Å². The summed E-state index contributed by atoms with van der Waals surface area (Å²) in [6.45, 7) is 6.47. The highest BCUT2D eigenvalue weighted by atomic mass is 32.1. The van der Waals surface area contributed by atoms with Crippen molar-refractivity contribution >= 4 is 23.2 Å². The fourth-order valence-corrected chi connectivity index (χ4v) is 6.61. The molecule has 0 saturated carbocycles. The molecular weight excluding hydrogens is 452 g/mol. The summed E-state index contributed by atoms with van der Waals surface area (Å²) < 4.78 is 0. The number of carbonyl (C=O) groups is 2. The first-order valence-electron chi connectivity index (χ1n) is 12.8. The summed E-state index contributed by atoms with van der Waals surface area (Å²) in [5, 5.41) is 2.05. The molecule has 35 heavy (non-hydrogen) atoms. The van der Waals surface area contributed by atoms with Crippen LogP contribution in [0.2, 0.25) is 0 Å². The minimum absolute atomic E-state index is 0.0401. The number of amides is 2. The summed E-state index contributed by atoms with van der Waals surface area (Å²) in [4.78, 5) is 33.0. The summed E-state index contributed by atoms with van der Waals surface area (Å²) in [6, 6.07) is 22.3.